The lowest BCUT2D eigenvalue weighted by molar-refractivity contribution is 0.414. The third kappa shape index (κ3) is 2.18. The van der Waals surface area contributed by atoms with E-state index < -0.39 is 0 Å². The highest BCUT2D eigenvalue weighted by molar-refractivity contribution is 5.34. The lowest BCUT2D eigenvalue weighted by atomic mass is 10.2. The first-order valence-corrected chi connectivity index (χ1v) is 4.71. The number of likely N-dealkylation sites (N-methyl/N-ethyl adjacent to an activating group) is 1. The van der Waals surface area contributed by atoms with Crippen molar-refractivity contribution in [1.29, 1.82) is 0 Å². The average molecular weight is 177 g/mol. The van der Waals surface area contributed by atoms with Gasteiger partial charge in [0.2, 0.25) is 0 Å². The van der Waals surface area contributed by atoms with Gasteiger partial charge < -0.3 is 10.2 Å². The maximum absolute atomic E-state index is 4.24. The predicted octanol–water partition coefficient (Wildman–Crippen LogP) is 1.20. The fourth-order valence-corrected chi connectivity index (χ4v) is 1.71. The fourth-order valence-electron chi connectivity index (χ4n) is 1.71. The van der Waals surface area contributed by atoms with Gasteiger partial charge >= 0.3 is 0 Å². The Morgan fingerprint density at radius 2 is 2.46 bits per heavy atom. The maximum atomic E-state index is 4.24. The number of rotatable bonds is 2. The monoisotopic (exact) mass is 177 g/mol. The second-order valence-electron chi connectivity index (χ2n) is 3.61. The van der Waals surface area contributed by atoms with Gasteiger partial charge in [0, 0.05) is 18.8 Å². The highest BCUT2D eigenvalue weighted by Gasteiger charge is 2.18. The van der Waals surface area contributed by atoms with Gasteiger partial charge in [-0.25, -0.2) is 4.98 Å². The molecule has 3 nitrogen and oxygen atoms in total. The van der Waals surface area contributed by atoms with E-state index in [0.29, 0.717) is 6.04 Å². The van der Waals surface area contributed by atoms with Crippen LogP contribution >= 0.6 is 0 Å². The maximum Gasteiger partial charge on any atom is 0.126 e. The third-order valence-corrected chi connectivity index (χ3v) is 2.41. The van der Waals surface area contributed by atoms with Gasteiger partial charge in [0.1, 0.15) is 5.82 Å². The van der Waals surface area contributed by atoms with Gasteiger partial charge in [-0.15, -0.1) is 0 Å². The minimum atomic E-state index is 0.569. The largest absolute Gasteiger partial charge is 0.366 e. The standard InChI is InChI=1S/C10H15N3/c1-13-7-5-9(8-13)12-10-4-2-3-6-11-10/h2-4,6,9H,5,7-8H2,1H3,(H,11,12). The molecule has 1 N–H and O–H groups in total. The first-order valence-electron chi connectivity index (χ1n) is 4.71. The van der Waals surface area contributed by atoms with Gasteiger partial charge in [0.25, 0.3) is 0 Å². The molecule has 1 saturated heterocycles. The van der Waals surface area contributed by atoms with E-state index in [1.54, 1.807) is 0 Å². The van der Waals surface area contributed by atoms with Gasteiger partial charge in [0.15, 0.2) is 0 Å². The summed E-state index contributed by atoms with van der Waals surface area (Å²) < 4.78 is 0. The molecule has 0 radical (unpaired) electrons. The summed E-state index contributed by atoms with van der Waals surface area (Å²) in [6.45, 7) is 2.31. The Kier molecular flexibility index (Phi) is 2.45. The van der Waals surface area contributed by atoms with Crippen LogP contribution in [0.15, 0.2) is 24.4 Å². The molecule has 2 rings (SSSR count). The summed E-state index contributed by atoms with van der Waals surface area (Å²) in [5, 5.41) is 3.42. The van der Waals surface area contributed by atoms with Crippen molar-refractivity contribution in [1.82, 2.24) is 9.88 Å². The molecule has 0 saturated carbocycles. The number of nitrogens with zero attached hydrogens (tertiary/aromatic N) is 2. The van der Waals surface area contributed by atoms with Crippen LogP contribution in [-0.4, -0.2) is 36.1 Å². The molecule has 0 aliphatic carbocycles. The Morgan fingerprint density at radius 1 is 1.54 bits per heavy atom. The minimum absolute atomic E-state index is 0.569. The number of pyridine rings is 1. The van der Waals surface area contributed by atoms with Crippen molar-refractivity contribution in [3.05, 3.63) is 24.4 Å². The Hall–Kier alpha value is -1.09. The summed E-state index contributed by atoms with van der Waals surface area (Å²) in [5.74, 6) is 0.989. The van der Waals surface area contributed by atoms with Crippen molar-refractivity contribution in [2.45, 2.75) is 12.5 Å². The smallest absolute Gasteiger partial charge is 0.126 e. The number of aromatic nitrogens is 1. The molecular formula is C10H15N3. The molecule has 0 spiro atoms. The molecular weight excluding hydrogens is 162 g/mol. The zero-order valence-electron chi connectivity index (χ0n) is 7.90. The van der Waals surface area contributed by atoms with Crippen molar-refractivity contribution >= 4 is 5.82 Å². The van der Waals surface area contributed by atoms with Gasteiger partial charge in [-0.05, 0) is 32.1 Å². The van der Waals surface area contributed by atoms with E-state index in [-0.39, 0.29) is 0 Å². The molecule has 0 aromatic carbocycles. The van der Waals surface area contributed by atoms with E-state index in [2.05, 4.69) is 22.2 Å². The average Bonchev–Trinajstić information content (AvgIpc) is 2.53. The summed E-state index contributed by atoms with van der Waals surface area (Å²) in [4.78, 5) is 6.57. The molecule has 13 heavy (non-hydrogen) atoms. The van der Waals surface area contributed by atoms with Gasteiger partial charge in [-0.1, -0.05) is 6.07 Å². The van der Waals surface area contributed by atoms with Crippen LogP contribution in [0.4, 0.5) is 5.82 Å². The number of hydrogen-bond acceptors (Lipinski definition) is 3. The minimum Gasteiger partial charge on any atom is -0.366 e. The van der Waals surface area contributed by atoms with Crippen LogP contribution in [0.25, 0.3) is 0 Å². The number of likely N-dealkylation sites (tertiary alicyclic amines) is 1. The highest BCUT2D eigenvalue weighted by Crippen LogP contribution is 2.11. The summed E-state index contributed by atoms with van der Waals surface area (Å²) in [7, 11) is 2.15. The molecule has 2 heterocycles. The van der Waals surface area contributed by atoms with Crippen LogP contribution in [0.2, 0.25) is 0 Å². The quantitative estimate of drug-likeness (QED) is 0.735. The van der Waals surface area contributed by atoms with Gasteiger partial charge in [-0.3, -0.25) is 0 Å². The van der Waals surface area contributed by atoms with Crippen LogP contribution in [-0.2, 0) is 0 Å². The topological polar surface area (TPSA) is 28.2 Å². The summed E-state index contributed by atoms with van der Waals surface area (Å²) in [5.41, 5.74) is 0. The summed E-state index contributed by atoms with van der Waals surface area (Å²) >= 11 is 0. The van der Waals surface area contributed by atoms with Crippen molar-refractivity contribution in [2.75, 3.05) is 25.5 Å². The van der Waals surface area contributed by atoms with E-state index in [1.807, 2.05) is 24.4 Å². The highest BCUT2D eigenvalue weighted by atomic mass is 15.2. The molecule has 3 heteroatoms. The summed E-state index contributed by atoms with van der Waals surface area (Å²) in [6, 6.07) is 6.53. The molecule has 1 fully saturated rings. The van der Waals surface area contributed by atoms with E-state index >= 15 is 0 Å². The number of hydrogen-bond donors (Lipinski definition) is 1. The second kappa shape index (κ2) is 3.75. The van der Waals surface area contributed by atoms with Crippen molar-refractivity contribution in [3.63, 3.8) is 0 Å². The Bertz CT molecular complexity index is 260. The van der Waals surface area contributed by atoms with Gasteiger partial charge in [-0.2, -0.15) is 0 Å². The van der Waals surface area contributed by atoms with Crippen molar-refractivity contribution < 1.29 is 0 Å². The molecule has 0 bridgehead atoms. The molecule has 0 amide bonds. The Labute approximate surface area is 78.8 Å². The lowest BCUT2D eigenvalue weighted by Gasteiger charge is -2.12. The third-order valence-electron chi connectivity index (χ3n) is 2.41. The molecule has 1 aromatic heterocycles. The molecule has 1 aromatic rings. The zero-order chi connectivity index (χ0) is 9.10. The van der Waals surface area contributed by atoms with E-state index in [9.17, 15) is 0 Å². The van der Waals surface area contributed by atoms with E-state index in [0.717, 1.165) is 12.4 Å². The van der Waals surface area contributed by atoms with Crippen LogP contribution in [0.3, 0.4) is 0 Å². The Balaban J connectivity index is 1.92. The van der Waals surface area contributed by atoms with Crippen LogP contribution in [0.5, 0.6) is 0 Å². The Morgan fingerprint density at radius 3 is 3.08 bits per heavy atom. The SMILES string of the molecule is CN1CCC(Nc2ccccn2)C1. The zero-order valence-corrected chi connectivity index (χ0v) is 7.90. The van der Waals surface area contributed by atoms with Crippen LogP contribution < -0.4 is 5.32 Å². The molecule has 70 valence electrons. The number of anilines is 1. The normalized spacial score (nSPS) is 23.3. The second-order valence-corrected chi connectivity index (χ2v) is 3.61. The van der Waals surface area contributed by atoms with Crippen molar-refractivity contribution in [3.8, 4) is 0 Å². The fraction of sp³-hybridized carbons (Fsp3) is 0.500. The first-order chi connectivity index (χ1) is 6.34. The molecule has 1 unspecified atom stereocenters. The first kappa shape index (κ1) is 8.51. The van der Waals surface area contributed by atoms with E-state index in [4.69, 9.17) is 0 Å². The van der Waals surface area contributed by atoms with Crippen LogP contribution in [0.1, 0.15) is 6.42 Å². The van der Waals surface area contributed by atoms with Crippen LogP contribution in [0, 0.1) is 0 Å². The van der Waals surface area contributed by atoms with E-state index in [1.165, 1.54) is 13.0 Å². The molecule has 1 aliphatic rings. The number of nitrogens with one attached hydrogen (secondary N) is 1. The van der Waals surface area contributed by atoms with Crippen molar-refractivity contribution in [2.24, 2.45) is 0 Å². The summed E-state index contributed by atoms with van der Waals surface area (Å²) in [6.07, 6.45) is 3.04. The molecule has 1 aliphatic heterocycles. The molecule has 1 atom stereocenters. The predicted molar refractivity (Wildman–Crippen MR) is 53.8 cm³/mol. The van der Waals surface area contributed by atoms with Gasteiger partial charge in [0.05, 0.1) is 0 Å². The lowest BCUT2D eigenvalue weighted by Crippen LogP contribution is -2.23.